The van der Waals surface area contributed by atoms with E-state index in [1.54, 1.807) is 6.92 Å². The lowest BCUT2D eigenvalue weighted by atomic mass is 9.96. The normalized spacial score (nSPS) is 18.8. The third-order valence-electron chi connectivity index (χ3n) is 11.1. The molecule has 4 unspecified atom stereocenters. The monoisotopic (exact) mass is 813 g/mol. The van der Waals surface area contributed by atoms with Crippen LogP contribution >= 0.6 is 0 Å². The summed E-state index contributed by atoms with van der Waals surface area (Å²) in [5, 5.41) is 22.6. The van der Waals surface area contributed by atoms with Gasteiger partial charge in [0.15, 0.2) is 6.29 Å². The van der Waals surface area contributed by atoms with Crippen molar-refractivity contribution in [2.75, 3.05) is 34.0 Å². The number of fused-ring (bicyclic) bond motifs is 8. The summed E-state index contributed by atoms with van der Waals surface area (Å²) in [4.78, 5) is 54.5. The van der Waals surface area contributed by atoms with Crippen LogP contribution in [-0.2, 0) is 52.6 Å². The summed E-state index contributed by atoms with van der Waals surface area (Å²) in [6.07, 6.45) is 3.05. The third-order valence-corrected chi connectivity index (χ3v) is 11.1. The van der Waals surface area contributed by atoms with Crippen molar-refractivity contribution < 1.29 is 43.5 Å². The van der Waals surface area contributed by atoms with Crippen molar-refractivity contribution in [3.05, 3.63) is 75.4 Å². The lowest BCUT2D eigenvalue weighted by molar-refractivity contribution is -0.221. The van der Waals surface area contributed by atoms with Gasteiger partial charge in [0.05, 0.1) is 63.0 Å². The lowest BCUT2D eigenvalue weighted by Gasteiger charge is -2.32. The molecule has 6 heterocycles. The fourth-order valence-corrected chi connectivity index (χ4v) is 7.71. The highest BCUT2D eigenvalue weighted by molar-refractivity contribution is 6.27. The van der Waals surface area contributed by atoms with Gasteiger partial charge in [0.2, 0.25) is 0 Å². The number of hydrogen-bond acceptors (Lipinski definition) is 11. The summed E-state index contributed by atoms with van der Waals surface area (Å²) in [5.74, 6) is -0.897. The van der Waals surface area contributed by atoms with E-state index in [-0.39, 0.29) is 37.4 Å². The molecule has 14 nitrogen and oxygen atoms in total. The maximum Gasteiger partial charge on any atom is 0.310 e. The Hall–Kier alpha value is -5.15. The molecule has 0 aromatic carbocycles. The van der Waals surface area contributed by atoms with Gasteiger partial charge in [0.1, 0.15) is 0 Å². The van der Waals surface area contributed by atoms with E-state index in [1.807, 2.05) is 19.1 Å². The van der Waals surface area contributed by atoms with Gasteiger partial charge in [-0.2, -0.15) is 0 Å². The average molecular weight is 814 g/mol. The molecule has 1 fully saturated rings. The first-order chi connectivity index (χ1) is 28.3. The van der Waals surface area contributed by atoms with Crippen LogP contribution in [-0.4, -0.2) is 100 Å². The number of hydrogen-bond donors (Lipinski definition) is 5. The Morgan fingerprint density at radius 2 is 1.68 bits per heavy atom. The summed E-state index contributed by atoms with van der Waals surface area (Å²) < 4.78 is 20.9. The first-order valence-electron chi connectivity index (χ1n) is 20.3. The molecule has 318 valence electrons. The molecular formula is C45H59N5O9. The number of methoxy groups -OCH3 is 2. The zero-order chi connectivity index (χ0) is 43.0. The zero-order valence-electron chi connectivity index (χ0n) is 35.5. The highest BCUT2D eigenvalue weighted by Gasteiger charge is 2.31. The van der Waals surface area contributed by atoms with Crippen molar-refractivity contribution in [3.63, 3.8) is 0 Å². The highest BCUT2D eigenvalue weighted by Crippen LogP contribution is 2.36. The number of ether oxygens (including phenoxy) is 4. The number of nitrogens with zero attached hydrogens (tertiary/aromatic N) is 2. The Morgan fingerprint density at radius 3 is 2.32 bits per heavy atom. The molecule has 3 aliphatic heterocycles. The number of aliphatic hydroxyl groups excluding tert-OH is 2. The Balaban J connectivity index is 0.00000102. The van der Waals surface area contributed by atoms with Crippen LogP contribution in [0.4, 0.5) is 0 Å². The van der Waals surface area contributed by atoms with Gasteiger partial charge in [-0.1, -0.05) is 33.4 Å². The number of nitrogens with one attached hydrogen (secondary N) is 3. The molecule has 0 aliphatic carbocycles. The number of carbonyl (C=O) groups is 3. The van der Waals surface area contributed by atoms with Gasteiger partial charge >= 0.3 is 11.9 Å². The summed E-state index contributed by atoms with van der Waals surface area (Å²) in [5.41, 5.74) is 12.2. The van der Waals surface area contributed by atoms with Gasteiger partial charge in [-0.05, 0) is 80.5 Å². The number of H-pyrrole nitrogens is 2. The predicted molar refractivity (Wildman–Crippen MR) is 227 cm³/mol. The molecule has 3 aromatic heterocycles. The quantitative estimate of drug-likeness (QED) is 0.105. The second-order valence-corrected chi connectivity index (χ2v) is 15.1. The zero-order valence-corrected chi connectivity index (χ0v) is 35.5. The lowest BCUT2D eigenvalue weighted by Crippen LogP contribution is -2.39. The fraction of sp³-hybridized carbons (Fsp3) is 0.489. The molecule has 3 aromatic rings. The van der Waals surface area contributed by atoms with E-state index in [1.165, 1.54) is 14.2 Å². The van der Waals surface area contributed by atoms with E-state index in [4.69, 9.17) is 24.2 Å². The topological polar surface area (TPSA) is 198 Å². The Morgan fingerprint density at radius 1 is 0.966 bits per heavy atom. The van der Waals surface area contributed by atoms with Crippen molar-refractivity contribution in [2.45, 2.75) is 111 Å². The van der Waals surface area contributed by atoms with Gasteiger partial charge in [-0.25, -0.2) is 4.98 Å². The number of rotatable bonds is 12. The van der Waals surface area contributed by atoms with Crippen LogP contribution in [0, 0.1) is 13.8 Å². The van der Waals surface area contributed by atoms with E-state index in [0.717, 1.165) is 56.4 Å². The second kappa shape index (κ2) is 20.2. The minimum absolute atomic E-state index is 0.0387. The van der Waals surface area contributed by atoms with Gasteiger partial charge in [0, 0.05) is 76.3 Å². The molecule has 4 atom stereocenters. The van der Waals surface area contributed by atoms with E-state index in [2.05, 4.69) is 66.4 Å². The Labute approximate surface area is 345 Å². The maximum atomic E-state index is 14.2. The summed E-state index contributed by atoms with van der Waals surface area (Å²) in [6, 6.07) is 6.16. The van der Waals surface area contributed by atoms with Gasteiger partial charge < -0.3 is 44.4 Å². The molecule has 3 aliphatic rings. The van der Waals surface area contributed by atoms with E-state index >= 15 is 0 Å². The fourth-order valence-electron chi connectivity index (χ4n) is 7.71. The average Bonchev–Trinajstić information content (AvgIpc) is 3.93. The number of aryl methyl sites for hydroxylation is 3. The van der Waals surface area contributed by atoms with Crippen LogP contribution in [0.15, 0.2) is 24.8 Å². The second-order valence-electron chi connectivity index (χ2n) is 15.1. The van der Waals surface area contributed by atoms with Gasteiger partial charge in [-0.15, -0.1) is 0 Å². The van der Waals surface area contributed by atoms with E-state index < -0.39 is 24.5 Å². The third kappa shape index (κ3) is 10.4. The molecule has 6 rings (SSSR count). The van der Waals surface area contributed by atoms with Crippen LogP contribution < -0.4 is 5.32 Å². The number of carbonyl (C=O) groups excluding carboxylic acids is 3. The van der Waals surface area contributed by atoms with Gasteiger partial charge in [0.25, 0.3) is 5.91 Å². The van der Waals surface area contributed by atoms with Crippen molar-refractivity contribution >= 4 is 57.1 Å². The molecule has 5 N–H and O–H groups in total. The SMILES string of the molecule is C=Cc1c(C)c2cc3nc(c(CC(=O)OC)c4nc(cc5[nH]c(cc1[nH]2)c(C)c5CC)C(C)=C4C(=O)NCCCOC1CC(O)CC(CO)O1)CC3C.CCC(=O)OC. The van der Waals surface area contributed by atoms with Crippen LogP contribution in [0.1, 0.15) is 110 Å². The number of aromatic amines is 2. The molecule has 8 bridgehead atoms. The molecule has 59 heavy (non-hydrogen) atoms. The number of esters is 2. The predicted octanol–water partition coefficient (Wildman–Crippen LogP) is 6.08. The molecule has 14 heteroatoms. The van der Waals surface area contributed by atoms with Crippen molar-refractivity contribution in [1.82, 2.24) is 25.3 Å². The molecule has 0 spiro atoms. The van der Waals surface area contributed by atoms with Crippen LogP contribution in [0.2, 0.25) is 0 Å². The van der Waals surface area contributed by atoms with Gasteiger partial charge in [-0.3, -0.25) is 19.4 Å². The first kappa shape index (κ1) is 44.9. The number of amides is 1. The smallest absolute Gasteiger partial charge is 0.310 e. The molecule has 0 radical (unpaired) electrons. The standard InChI is InChI=1S/C41H51N5O7.C4H8O2/c1-8-27-22(4)31-17-30-21(3)13-34(43-30)29(16-37(49)51-7)40-39(41(50)42-11-10-12-52-38-15-25(48)14-26(20-47)53-38)24(6)33(46-40)19-36-28(9-2)23(5)32(45-36)18-35(27)44-31;1-3-4(5)6-2/h8,17-19,21,25-26,38,44-45,47-48H,1,9-16,20H2,2-7H3,(H,42,50);3H2,1-2H3. The minimum Gasteiger partial charge on any atom is -0.469 e. The summed E-state index contributed by atoms with van der Waals surface area (Å²) in [6.45, 7) is 16.5. The Kier molecular flexibility index (Phi) is 15.4. The number of allylic oxidation sites excluding steroid dienone is 1. The van der Waals surface area contributed by atoms with E-state index in [0.29, 0.717) is 72.4 Å². The minimum atomic E-state index is -0.624. The van der Waals surface area contributed by atoms with Crippen LogP contribution in [0.25, 0.3) is 39.3 Å². The van der Waals surface area contributed by atoms with E-state index in [9.17, 15) is 24.6 Å². The highest BCUT2D eigenvalue weighted by atomic mass is 16.7. The Bertz CT molecular complexity index is 2250. The summed E-state index contributed by atoms with van der Waals surface area (Å²) in [7, 11) is 2.73. The molecule has 0 saturated carbocycles. The largest absolute Gasteiger partial charge is 0.469 e. The van der Waals surface area contributed by atoms with Crippen LogP contribution in [0.3, 0.4) is 0 Å². The summed E-state index contributed by atoms with van der Waals surface area (Å²) >= 11 is 0. The molecular weight excluding hydrogens is 755 g/mol. The van der Waals surface area contributed by atoms with Crippen LogP contribution in [0.5, 0.6) is 0 Å². The maximum absolute atomic E-state index is 14.2. The van der Waals surface area contributed by atoms with Crippen molar-refractivity contribution in [3.8, 4) is 0 Å². The molecule has 1 amide bonds. The van der Waals surface area contributed by atoms with Crippen molar-refractivity contribution in [1.29, 1.82) is 0 Å². The first-order valence-corrected chi connectivity index (χ1v) is 20.3. The number of aromatic nitrogens is 4. The van der Waals surface area contributed by atoms with Crippen molar-refractivity contribution in [2.24, 2.45) is 0 Å². The molecule has 1 saturated heterocycles. The number of aliphatic hydroxyl groups is 2.